The van der Waals surface area contributed by atoms with Gasteiger partial charge in [-0.3, -0.25) is 4.79 Å². The molecule has 0 spiro atoms. The molecule has 0 saturated heterocycles. The van der Waals surface area contributed by atoms with E-state index in [1.165, 1.54) is 12.1 Å². The molecule has 0 aliphatic carbocycles. The second-order valence-corrected chi connectivity index (χ2v) is 3.87. The molecule has 0 fully saturated rings. The van der Waals surface area contributed by atoms with E-state index in [9.17, 15) is 9.18 Å². The summed E-state index contributed by atoms with van der Waals surface area (Å²) in [5.41, 5.74) is 0.606. The van der Waals surface area contributed by atoms with Crippen LogP contribution in [0.4, 0.5) is 4.39 Å². The second kappa shape index (κ2) is 7.23. The van der Waals surface area contributed by atoms with Crippen molar-refractivity contribution >= 4 is 5.91 Å². The van der Waals surface area contributed by atoms with Gasteiger partial charge in [-0.15, -0.1) is 6.58 Å². The lowest BCUT2D eigenvalue weighted by atomic mass is 9.95. The van der Waals surface area contributed by atoms with Crippen LogP contribution in [-0.2, 0) is 4.79 Å². The molecule has 1 N–H and O–H groups in total. The van der Waals surface area contributed by atoms with Gasteiger partial charge in [-0.2, -0.15) is 5.26 Å². The fraction of sp³-hybridized carbons (Fsp3) is 0.286. The molecule has 0 saturated carbocycles. The molecule has 1 aromatic carbocycles. The summed E-state index contributed by atoms with van der Waals surface area (Å²) in [7, 11) is 0. The normalized spacial score (nSPS) is 11.3. The number of halogens is 1. The van der Waals surface area contributed by atoms with Crippen molar-refractivity contribution in [2.24, 2.45) is 0 Å². The number of carbonyl (C=O) groups is 1. The summed E-state index contributed by atoms with van der Waals surface area (Å²) in [5, 5.41) is 11.7. The van der Waals surface area contributed by atoms with Crippen LogP contribution in [-0.4, -0.2) is 12.5 Å². The summed E-state index contributed by atoms with van der Waals surface area (Å²) >= 11 is 0. The van der Waals surface area contributed by atoms with Crippen LogP contribution in [0.3, 0.4) is 0 Å². The standard InChI is InChI=1S/C14H15FN2O/c1-2-8-17-14(18)7-6-12(10-16)11-4-3-5-13(15)9-11/h2-5,9,12H,1,6-8H2,(H,17,18). The van der Waals surface area contributed by atoms with Crippen LogP contribution in [0.15, 0.2) is 36.9 Å². The molecule has 3 nitrogen and oxygen atoms in total. The maximum absolute atomic E-state index is 13.0. The SMILES string of the molecule is C=CCNC(=O)CCC(C#N)c1cccc(F)c1. The van der Waals surface area contributed by atoms with E-state index in [0.29, 0.717) is 18.5 Å². The summed E-state index contributed by atoms with van der Waals surface area (Å²) in [5.74, 6) is -0.967. The number of nitrogens with one attached hydrogen (secondary N) is 1. The van der Waals surface area contributed by atoms with E-state index in [1.807, 2.05) is 0 Å². The Morgan fingerprint density at radius 3 is 3.00 bits per heavy atom. The lowest BCUT2D eigenvalue weighted by Gasteiger charge is -2.09. The van der Waals surface area contributed by atoms with E-state index in [0.717, 1.165) is 0 Å². The van der Waals surface area contributed by atoms with Gasteiger partial charge >= 0.3 is 0 Å². The number of carbonyl (C=O) groups excluding carboxylic acids is 1. The molecule has 1 aromatic rings. The third-order valence-electron chi connectivity index (χ3n) is 2.51. The largest absolute Gasteiger partial charge is 0.353 e. The number of hydrogen-bond acceptors (Lipinski definition) is 2. The highest BCUT2D eigenvalue weighted by molar-refractivity contribution is 5.76. The maximum Gasteiger partial charge on any atom is 0.220 e. The van der Waals surface area contributed by atoms with Crippen molar-refractivity contribution in [2.45, 2.75) is 18.8 Å². The predicted molar refractivity (Wildman–Crippen MR) is 67.2 cm³/mol. The van der Waals surface area contributed by atoms with Gasteiger partial charge in [0.2, 0.25) is 5.91 Å². The average molecular weight is 246 g/mol. The van der Waals surface area contributed by atoms with Gasteiger partial charge in [-0.25, -0.2) is 4.39 Å². The van der Waals surface area contributed by atoms with Gasteiger partial charge in [-0.05, 0) is 24.1 Å². The van der Waals surface area contributed by atoms with Crippen LogP contribution in [0, 0.1) is 17.1 Å². The zero-order chi connectivity index (χ0) is 13.4. The zero-order valence-electron chi connectivity index (χ0n) is 10.0. The second-order valence-electron chi connectivity index (χ2n) is 3.87. The Balaban J connectivity index is 2.56. The topological polar surface area (TPSA) is 52.9 Å². The fourth-order valence-electron chi connectivity index (χ4n) is 1.58. The molecular formula is C14H15FN2O. The average Bonchev–Trinajstić information content (AvgIpc) is 2.37. The van der Waals surface area contributed by atoms with Crippen LogP contribution in [0.2, 0.25) is 0 Å². The van der Waals surface area contributed by atoms with E-state index in [1.54, 1.807) is 18.2 Å². The molecule has 0 bridgehead atoms. The van der Waals surface area contributed by atoms with Gasteiger partial charge in [-0.1, -0.05) is 18.2 Å². The van der Waals surface area contributed by atoms with Gasteiger partial charge in [0.25, 0.3) is 0 Å². The summed E-state index contributed by atoms with van der Waals surface area (Å²) < 4.78 is 13.0. The number of nitrogens with zero attached hydrogens (tertiary/aromatic N) is 1. The van der Waals surface area contributed by atoms with Crippen molar-refractivity contribution in [1.82, 2.24) is 5.32 Å². The van der Waals surface area contributed by atoms with Gasteiger partial charge in [0.15, 0.2) is 0 Å². The highest BCUT2D eigenvalue weighted by Gasteiger charge is 2.13. The minimum atomic E-state index is -0.463. The maximum atomic E-state index is 13.0. The summed E-state index contributed by atoms with van der Waals surface area (Å²) in [6.07, 6.45) is 2.21. The van der Waals surface area contributed by atoms with Crippen molar-refractivity contribution < 1.29 is 9.18 Å². The fourth-order valence-corrected chi connectivity index (χ4v) is 1.58. The third-order valence-corrected chi connectivity index (χ3v) is 2.51. The molecule has 94 valence electrons. The molecule has 0 radical (unpaired) electrons. The Morgan fingerprint density at radius 1 is 1.61 bits per heavy atom. The van der Waals surface area contributed by atoms with Gasteiger partial charge < -0.3 is 5.32 Å². The molecule has 4 heteroatoms. The minimum absolute atomic E-state index is 0.133. The number of nitriles is 1. The highest BCUT2D eigenvalue weighted by Crippen LogP contribution is 2.21. The quantitative estimate of drug-likeness (QED) is 0.784. The van der Waals surface area contributed by atoms with E-state index < -0.39 is 5.92 Å². The number of amides is 1. The van der Waals surface area contributed by atoms with E-state index in [-0.39, 0.29) is 18.1 Å². The van der Waals surface area contributed by atoms with Crippen molar-refractivity contribution in [2.75, 3.05) is 6.54 Å². The Morgan fingerprint density at radius 2 is 2.39 bits per heavy atom. The van der Waals surface area contributed by atoms with Crippen molar-refractivity contribution in [3.63, 3.8) is 0 Å². The summed E-state index contributed by atoms with van der Waals surface area (Å²) in [6.45, 7) is 3.91. The summed E-state index contributed by atoms with van der Waals surface area (Å²) in [4.78, 5) is 11.4. The Kier molecular flexibility index (Phi) is 5.59. The lowest BCUT2D eigenvalue weighted by Crippen LogP contribution is -2.23. The minimum Gasteiger partial charge on any atom is -0.353 e. The molecule has 0 aliphatic rings. The number of hydrogen-bond donors (Lipinski definition) is 1. The predicted octanol–water partition coefficient (Wildman–Crippen LogP) is 2.52. The van der Waals surface area contributed by atoms with Gasteiger partial charge in [0, 0.05) is 13.0 Å². The third kappa shape index (κ3) is 4.38. The first kappa shape index (κ1) is 13.9. The molecule has 18 heavy (non-hydrogen) atoms. The molecule has 0 aromatic heterocycles. The smallest absolute Gasteiger partial charge is 0.220 e. The Labute approximate surface area is 106 Å². The van der Waals surface area contributed by atoms with Gasteiger partial charge in [0.1, 0.15) is 5.82 Å². The van der Waals surface area contributed by atoms with Crippen molar-refractivity contribution in [3.8, 4) is 6.07 Å². The van der Waals surface area contributed by atoms with Crippen molar-refractivity contribution in [3.05, 3.63) is 48.3 Å². The Hall–Kier alpha value is -2.15. The lowest BCUT2D eigenvalue weighted by molar-refractivity contribution is -0.121. The van der Waals surface area contributed by atoms with Gasteiger partial charge in [0.05, 0.1) is 12.0 Å². The first-order chi connectivity index (χ1) is 8.67. The van der Waals surface area contributed by atoms with E-state index >= 15 is 0 Å². The number of rotatable bonds is 6. The summed E-state index contributed by atoms with van der Waals surface area (Å²) in [6, 6.07) is 8.00. The molecule has 0 aliphatic heterocycles. The monoisotopic (exact) mass is 246 g/mol. The van der Waals surface area contributed by atoms with Crippen molar-refractivity contribution in [1.29, 1.82) is 5.26 Å². The van der Waals surface area contributed by atoms with Crippen LogP contribution < -0.4 is 5.32 Å². The number of benzene rings is 1. The Bertz CT molecular complexity index is 465. The van der Waals surface area contributed by atoms with Crippen LogP contribution >= 0.6 is 0 Å². The molecule has 0 heterocycles. The van der Waals surface area contributed by atoms with E-state index in [4.69, 9.17) is 5.26 Å². The van der Waals surface area contributed by atoms with E-state index in [2.05, 4.69) is 18.0 Å². The molecular weight excluding hydrogens is 231 g/mol. The van der Waals surface area contributed by atoms with Crippen LogP contribution in [0.5, 0.6) is 0 Å². The van der Waals surface area contributed by atoms with Crippen LogP contribution in [0.1, 0.15) is 24.3 Å². The highest BCUT2D eigenvalue weighted by atomic mass is 19.1. The molecule has 1 amide bonds. The van der Waals surface area contributed by atoms with Crippen LogP contribution in [0.25, 0.3) is 0 Å². The molecule has 1 unspecified atom stereocenters. The molecule has 1 atom stereocenters. The zero-order valence-corrected chi connectivity index (χ0v) is 10.0. The molecule has 1 rings (SSSR count). The first-order valence-corrected chi connectivity index (χ1v) is 5.70. The first-order valence-electron chi connectivity index (χ1n) is 5.70.